The number of Topliss-reactive ketones (excluding diaryl/α,β-unsaturated/α-hetero) is 1. The molecule has 2 unspecified atom stereocenters. The van der Waals surface area contributed by atoms with E-state index in [-0.39, 0.29) is 36.5 Å². The molecule has 0 N–H and O–H groups in total. The van der Waals surface area contributed by atoms with Crippen LogP contribution < -0.4 is 0 Å². The fourth-order valence-corrected chi connectivity index (χ4v) is 4.54. The summed E-state index contributed by atoms with van der Waals surface area (Å²) in [7, 11) is 0. The van der Waals surface area contributed by atoms with Crippen LogP contribution in [-0.2, 0) is 11.3 Å². The zero-order chi connectivity index (χ0) is 19.5. The molecule has 4 rings (SSSR count). The molecule has 2 fully saturated rings. The third-order valence-corrected chi connectivity index (χ3v) is 5.93. The SMILES string of the molecule is C=Cc1cccc(C(=O)C2CC3CCC(C2)N3C(=O)OCc2ccccc2)c1. The van der Waals surface area contributed by atoms with Crippen LogP contribution in [0.2, 0.25) is 0 Å². The average Bonchev–Trinajstić information content (AvgIpc) is 3.01. The number of fused-ring (bicyclic) bond motifs is 2. The summed E-state index contributed by atoms with van der Waals surface area (Å²) in [5.74, 6) is 0.147. The number of benzene rings is 2. The molecule has 2 atom stereocenters. The highest BCUT2D eigenvalue weighted by Gasteiger charge is 2.45. The molecule has 2 aliphatic heterocycles. The largest absolute Gasteiger partial charge is 0.445 e. The van der Waals surface area contributed by atoms with Gasteiger partial charge in [0.25, 0.3) is 0 Å². The minimum absolute atomic E-state index is 0.0317. The Balaban J connectivity index is 1.40. The number of ketones is 1. The highest BCUT2D eigenvalue weighted by molar-refractivity contribution is 5.98. The fourth-order valence-electron chi connectivity index (χ4n) is 4.54. The first kappa shape index (κ1) is 18.5. The zero-order valence-electron chi connectivity index (χ0n) is 15.9. The van der Waals surface area contributed by atoms with Crippen LogP contribution in [0.5, 0.6) is 0 Å². The Hall–Kier alpha value is -2.88. The number of hydrogen-bond acceptors (Lipinski definition) is 3. The molecule has 28 heavy (non-hydrogen) atoms. The van der Waals surface area contributed by atoms with E-state index in [1.807, 2.05) is 59.5 Å². The van der Waals surface area contributed by atoms with E-state index in [1.165, 1.54) is 0 Å². The monoisotopic (exact) mass is 375 g/mol. The topological polar surface area (TPSA) is 46.6 Å². The molecule has 0 spiro atoms. The summed E-state index contributed by atoms with van der Waals surface area (Å²) in [4.78, 5) is 27.6. The van der Waals surface area contributed by atoms with Gasteiger partial charge in [-0.15, -0.1) is 0 Å². The number of ether oxygens (including phenoxy) is 1. The standard InChI is InChI=1S/C24H25NO3/c1-2-17-9-6-10-19(13-17)23(26)20-14-21-11-12-22(15-20)25(21)24(27)28-16-18-7-4-3-5-8-18/h2-10,13,20-22H,1,11-12,14-16H2. The van der Waals surface area contributed by atoms with Crippen molar-refractivity contribution in [2.75, 3.05) is 0 Å². The van der Waals surface area contributed by atoms with Gasteiger partial charge in [-0.25, -0.2) is 4.79 Å². The van der Waals surface area contributed by atoms with E-state index in [0.29, 0.717) is 12.8 Å². The van der Waals surface area contributed by atoms with Crippen LogP contribution in [0.25, 0.3) is 6.08 Å². The Kier molecular flexibility index (Phi) is 5.29. The molecule has 0 aliphatic carbocycles. The molecule has 2 aliphatic rings. The van der Waals surface area contributed by atoms with E-state index >= 15 is 0 Å². The Morgan fingerprint density at radius 3 is 2.43 bits per heavy atom. The van der Waals surface area contributed by atoms with Gasteiger partial charge >= 0.3 is 6.09 Å². The maximum Gasteiger partial charge on any atom is 0.410 e. The van der Waals surface area contributed by atoms with Gasteiger partial charge in [-0.1, -0.05) is 61.2 Å². The lowest BCUT2D eigenvalue weighted by Gasteiger charge is -2.37. The summed E-state index contributed by atoms with van der Waals surface area (Å²) in [6.07, 6.45) is 4.83. The lowest BCUT2D eigenvalue weighted by molar-refractivity contribution is 0.0485. The molecule has 2 saturated heterocycles. The van der Waals surface area contributed by atoms with Gasteiger partial charge in [0.05, 0.1) is 0 Å². The summed E-state index contributed by atoms with van der Waals surface area (Å²) >= 11 is 0. The Morgan fingerprint density at radius 1 is 1.04 bits per heavy atom. The molecule has 2 bridgehead atoms. The van der Waals surface area contributed by atoms with Crippen molar-refractivity contribution in [3.05, 3.63) is 77.9 Å². The van der Waals surface area contributed by atoms with Crippen molar-refractivity contribution in [1.29, 1.82) is 0 Å². The first-order valence-corrected chi connectivity index (χ1v) is 9.91. The number of amides is 1. The van der Waals surface area contributed by atoms with Gasteiger partial charge in [0, 0.05) is 23.6 Å². The van der Waals surface area contributed by atoms with Crippen molar-refractivity contribution in [1.82, 2.24) is 4.90 Å². The number of rotatable bonds is 5. The van der Waals surface area contributed by atoms with Crippen LogP contribution in [-0.4, -0.2) is 28.9 Å². The van der Waals surface area contributed by atoms with Gasteiger partial charge in [0.2, 0.25) is 0 Å². The van der Waals surface area contributed by atoms with Gasteiger partial charge in [0.1, 0.15) is 6.61 Å². The smallest absolute Gasteiger partial charge is 0.410 e. The van der Waals surface area contributed by atoms with Crippen molar-refractivity contribution < 1.29 is 14.3 Å². The maximum atomic E-state index is 13.0. The Bertz CT molecular complexity index is 862. The number of carbonyl (C=O) groups excluding carboxylic acids is 2. The molecule has 4 heteroatoms. The van der Waals surface area contributed by atoms with E-state index in [0.717, 1.165) is 29.5 Å². The first-order chi connectivity index (χ1) is 13.7. The molecule has 1 amide bonds. The van der Waals surface area contributed by atoms with Crippen LogP contribution in [0.4, 0.5) is 4.79 Å². The van der Waals surface area contributed by atoms with E-state index in [9.17, 15) is 9.59 Å². The molecule has 0 radical (unpaired) electrons. The number of carbonyl (C=O) groups is 2. The second-order valence-corrected chi connectivity index (χ2v) is 7.69. The van der Waals surface area contributed by atoms with Gasteiger partial charge in [-0.3, -0.25) is 4.79 Å². The average molecular weight is 375 g/mol. The van der Waals surface area contributed by atoms with E-state index in [1.54, 1.807) is 6.08 Å². The number of hydrogen-bond donors (Lipinski definition) is 0. The van der Waals surface area contributed by atoms with Crippen molar-refractivity contribution in [2.24, 2.45) is 5.92 Å². The summed E-state index contributed by atoms with van der Waals surface area (Å²) in [6.45, 7) is 4.06. The predicted molar refractivity (Wildman–Crippen MR) is 109 cm³/mol. The molecular formula is C24H25NO3. The molecule has 2 aromatic rings. The molecule has 0 saturated carbocycles. The second-order valence-electron chi connectivity index (χ2n) is 7.69. The van der Waals surface area contributed by atoms with Gasteiger partial charge in [-0.05, 0) is 42.9 Å². The van der Waals surface area contributed by atoms with E-state index in [2.05, 4.69) is 6.58 Å². The van der Waals surface area contributed by atoms with Crippen LogP contribution in [0.1, 0.15) is 47.2 Å². The lowest BCUT2D eigenvalue weighted by atomic mass is 9.84. The maximum absolute atomic E-state index is 13.0. The van der Waals surface area contributed by atoms with Gasteiger partial charge in [-0.2, -0.15) is 0 Å². The lowest BCUT2D eigenvalue weighted by Crippen LogP contribution is -2.48. The zero-order valence-corrected chi connectivity index (χ0v) is 15.9. The summed E-state index contributed by atoms with van der Waals surface area (Å²) in [5, 5.41) is 0. The molecule has 2 aromatic carbocycles. The molecule has 144 valence electrons. The molecule has 2 heterocycles. The van der Waals surface area contributed by atoms with Crippen LogP contribution in [0.3, 0.4) is 0 Å². The quantitative estimate of drug-likeness (QED) is 0.684. The normalized spacial score (nSPS) is 23.3. The van der Waals surface area contributed by atoms with Gasteiger partial charge in [0.15, 0.2) is 5.78 Å². The molecule has 4 nitrogen and oxygen atoms in total. The molecular weight excluding hydrogens is 350 g/mol. The Morgan fingerprint density at radius 2 is 1.75 bits per heavy atom. The van der Waals surface area contributed by atoms with E-state index < -0.39 is 0 Å². The highest BCUT2D eigenvalue weighted by Crippen LogP contribution is 2.40. The summed E-state index contributed by atoms with van der Waals surface area (Å²) in [6, 6.07) is 17.5. The first-order valence-electron chi connectivity index (χ1n) is 9.91. The number of piperidine rings is 1. The van der Waals surface area contributed by atoms with Crippen molar-refractivity contribution in [2.45, 2.75) is 44.4 Å². The van der Waals surface area contributed by atoms with Crippen molar-refractivity contribution in [3.63, 3.8) is 0 Å². The third kappa shape index (κ3) is 3.72. The Labute approximate surface area is 165 Å². The van der Waals surface area contributed by atoms with Crippen LogP contribution in [0, 0.1) is 5.92 Å². The van der Waals surface area contributed by atoms with Crippen molar-refractivity contribution >= 4 is 18.0 Å². The molecule has 0 aromatic heterocycles. The minimum atomic E-state index is -0.254. The van der Waals surface area contributed by atoms with Crippen LogP contribution in [0.15, 0.2) is 61.2 Å². The van der Waals surface area contributed by atoms with Crippen molar-refractivity contribution in [3.8, 4) is 0 Å². The summed E-state index contributed by atoms with van der Waals surface area (Å²) in [5.41, 5.74) is 2.67. The third-order valence-electron chi connectivity index (χ3n) is 5.93. The number of nitrogens with zero attached hydrogens (tertiary/aromatic N) is 1. The predicted octanol–water partition coefficient (Wildman–Crippen LogP) is 5.09. The minimum Gasteiger partial charge on any atom is -0.445 e. The second kappa shape index (κ2) is 8.01. The summed E-state index contributed by atoms with van der Waals surface area (Å²) < 4.78 is 5.55. The van der Waals surface area contributed by atoms with Crippen LogP contribution >= 0.6 is 0 Å². The fraction of sp³-hybridized carbons (Fsp3) is 0.333. The highest BCUT2D eigenvalue weighted by atomic mass is 16.6. The van der Waals surface area contributed by atoms with E-state index in [4.69, 9.17) is 4.74 Å². The van der Waals surface area contributed by atoms with Gasteiger partial charge < -0.3 is 9.64 Å².